The minimum absolute atomic E-state index is 0.0997. The van der Waals surface area contributed by atoms with E-state index in [0.717, 1.165) is 0 Å². The standard InChI is InChI=1S/C20H21N5O4/c1-13(19(26)22-16-11-7-8-12-17(16)25(28)29)21-18-14(2)23(3)24(20(18)27)15-9-5-4-6-10-15/h4-13,21H,1-3H3,(H,22,26). The van der Waals surface area contributed by atoms with E-state index >= 15 is 0 Å². The smallest absolute Gasteiger partial charge is 0.295 e. The van der Waals surface area contributed by atoms with E-state index in [1.807, 2.05) is 30.3 Å². The highest BCUT2D eigenvalue weighted by Crippen LogP contribution is 2.23. The van der Waals surface area contributed by atoms with Gasteiger partial charge in [-0.3, -0.25) is 24.4 Å². The van der Waals surface area contributed by atoms with E-state index < -0.39 is 16.9 Å². The number of rotatable bonds is 6. The summed E-state index contributed by atoms with van der Waals surface area (Å²) in [4.78, 5) is 36.1. The molecule has 3 aromatic rings. The molecule has 1 amide bonds. The van der Waals surface area contributed by atoms with Crippen LogP contribution in [0.25, 0.3) is 5.69 Å². The molecule has 0 saturated heterocycles. The minimum atomic E-state index is -0.798. The summed E-state index contributed by atoms with van der Waals surface area (Å²) in [5.41, 5.74) is 1.26. The molecule has 150 valence electrons. The topological polar surface area (TPSA) is 111 Å². The molecule has 1 aromatic heterocycles. The zero-order valence-electron chi connectivity index (χ0n) is 16.2. The molecule has 0 aliphatic heterocycles. The van der Waals surface area contributed by atoms with E-state index in [1.165, 1.54) is 22.9 Å². The Morgan fingerprint density at radius 3 is 2.38 bits per heavy atom. The van der Waals surface area contributed by atoms with Gasteiger partial charge in [-0.15, -0.1) is 0 Å². The molecule has 1 unspecified atom stereocenters. The van der Waals surface area contributed by atoms with Gasteiger partial charge in [-0.2, -0.15) is 0 Å². The second-order valence-corrected chi connectivity index (χ2v) is 6.57. The van der Waals surface area contributed by atoms with Gasteiger partial charge in [0, 0.05) is 13.1 Å². The SMILES string of the molecule is Cc1c(NC(C)C(=O)Nc2ccccc2[N+](=O)[O-])c(=O)n(-c2ccccc2)n1C. The lowest BCUT2D eigenvalue weighted by atomic mass is 10.2. The largest absolute Gasteiger partial charge is 0.368 e. The molecule has 1 atom stereocenters. The van der Waals surface area contributed by atoms with Gasteiger partial charge in [-0.05, 0) is 32.0 Å². The first-order chi connectivity index (χ1) is 13.8. The summed E-state index contributed by atoms with van der Waals surface area (Å²) in [5.74, 6) is -0.492. The predicted octanol–water partition coefficient (Wildman–Crippen LogP) is 2.83. The first-order valence-corrected chi connectivity index (χ1v) is 8.96. The van der Waals surface area contributed by atoms with Crippen molar-refractivity contribution in [3.05, 3.63) is 80.8 Å². The van der Waals surface area contributed by atoms with Gasteiger partial charge in [-0.25, -0.2) is 4.68 Å². The van der Waals surface area contributed by atoms with Crippen LogP contribution in [0.4, 0.5) is 17.1 Å². The molecule has 0 fully saturated rings. The van der Waals surface area contributed by atoms with Gasteiger partial charge in [0.2, 0.25) is 5.91 Å². The normalized spacial score (nSPS) is 11.7. The number of carbonyl (C=O) groups excluding carboxylic acids is 1. The molecule has 29 heavy (non-hydrogen) atoms. The number of nitro benzene ring substituents is 1. The Hall–Kier alpha value is -3.88. The lowest BCUT2D eigenvalue weighted by molar-refractivity contribution is -0.383. The third kappa shape index (κ3) is 3.88. The number of amides is 1. The number of nitrogens with zero attached hydrogens (tertiary/aromatic N) is 3. The van der Waals surface area contributed by atoms with Gasteiger partial charge in [0.25, 0.3) is 11.2 Å². The number of nitrogens with one attached hydrogen (secondary N) is 2. The Morgan fingerprint density at radius 2 is 1.72 bits per heavy atom. The quantitative estimate of drug-likeness (QED) is 0.492. The highest BCUT2D eigenvalue weighted by Gasteiger charge is 2.22. The number of carbonyl (C=O) groups is 1. The van der Waals surface area contributed by atoms with Crippen molar-refractivity contribution in [2.24, 2.45) is 7.05 Å². The number of benzene rings is 2. The molecule has 1 heterocycles. The van der Waals surface area contributed by atoms with Crippen LogP contribution in [0, 0.1) is 17.0 Å². The molecule has 0 aliphatic rings. The monoisotopic (exact) mass is 395 g/mol. The molecule has 3 rings (SSSR count). The summed E-state index contributed by atoms with van der Waals surface area (Å²) in [5, 5.41) is 16.6. The van der Waals surface area contributed by atoms with Gasteiger partial charge in [-0.1, -0.05) is 30.3 Å². The van der Waals surface area contributed by atoms with Crippen molar-refractivity contribution in [3.8, 4) is 5.69 Å². The molecule has 0 bridgehead atoms. The maximum atomic E-state index is 12.9. The predicted molar refractivity (Wildman–Crippen MR) is 111 cm³/mol. The van der Waals surface area contributed by atoms with Crippen LogP contribution in [0.3, 0.4) is 0 Å². The van der Waals surface area contributed by atoms with E-state index in [-0.39, 0.29) is 16.9 Å². The molecular formula is C20H21N5O4. The summed E-state index contributed by atoms with van der Waals surface area (Å²) in [7, 11) is 1.76. The Morgan fingerprint density at radius 1 is 1.10 bits per heavy atom. The summed E-state index contributed by atoms with van der Waals surface area (Å²) >= 11 is 0. The fourth-order valence-corrected chi connectivity index (χ4v) is 3.00. The number of nitro groups is 1. The maximum Gasteiger partial charge on any atom is 0.295 e. The first kappa shape index (κ1) is 19.9. The minimum Gasteiger partial charge on any atom is -0.368 e. The van der Waals surface area contributed by atoms with Gasteiger partial charge >= 0.3 is 0 Å². The number of para-hydroxylation sites is 3. The average molecular weight is 395 g/mol. The van der Waals surface area contributed by atoms with Crippen LogP contribution in [0.1, 0.15) is 12.6 Å². The van der Waals surface area contributed by atoms with Crippen molar-refractivity contribution in [3.63, 3.8) is 0 Å². The van der Waals surface area contributed by atoms with E-state index in [9.17, 15) is 19.7 Å². The molecule has 2 aromatic carbocycles. The van der Waals surface area contributed by atoms with Crippen LogP contribution >= 0.6 is 0 Å². The maximum absolute atomic E-state index is 12.9. The summed E-state index contributed by atoms with van der Waals surface area (Å²) in [6.45, 7) is 3.36. The molecular weight excluding hydrogens is 374 g/mol. The second kappa shape index (κ2) is 8.01. The third-order valence-corrected chi connectivity index (χ3v) is 4.67. The van der Waals surface area contributed by atoms with Crippen molar-refractivity contribution in [2.75, 3.05) is 10.6 Å². The highest BCUT2D eigenvalue weighted by molar-refractivity contribution is 5.98. The second-order valence-electron chi connectivity index (χ2n) is 6.57. The summed E-state index contributed by atoms with van der Waals surface area (Å²) in [6.07, 6.45) is 0. The molecule has 0 saturated carbocycles. The third-order valence-electron chi connectivity index (χ3n) is 4.67. The van der Waals surface area contributed by atoms with Crippen molar-refractivity contribution in [2.45, 2.75) is 19.9 Å². The van der Waals surface area contributed by atoms with Gasteiger partial charge in [0.05, 0.1) is 16.3 Å². The van der Waals surface area contributed by atoms with Crippen LogP contribution in [-0.4, -0.2) is 26.2 Å². The molecule has 9 heteroatoms. The Labute approximate surface area is 166 Å². The molecule has 9 nitrogen and oxygen atoms in total. The van der Waals surface area contributed by atoms with Crippen LogP contribution in [0.5, 0.6) is 0 Å². The van der Waals surface area contributed by atoms with Gasteiger partial charge in [0.1, 0.15) is 17.4 Å². The zero-order chi connectivity index (χ0) is 21.1. The van der Waals surface area contributed by atoms with Crippen LogP contribution in [-0.2, 0) is 11.8 Å². The van der Waals surface area contributed by atoms with Crippen molar-refractivity contribution in [1.29, 1.82) is 0 Å². The Bertz CT molecular complexity index is 1120. The number of aromatic nitrogens is 2. The van der Waals surface area contributed by atoms with E-state index in [1.54, 1.807) is 31.6 Å². The lowest BCUT2D eigenvalue weighted by Gasteiger charge is -2.14. The Balaban J connectivity index is 1.85. The first-order valence-electron chi connectivity index (χ1n) is 8.96. The van der Waals surface area contributed by atoms with Gasteiger partial charge in [0.15, 0.2) is 0 Å². The fraction of sp³-hybridized carbons (Fsp3) is 0.200. The molecule has 0 spiro atoms. The summed E-state index contributed by atoms with van der Waals surface area (Å²) in [6, 6.07) is 14.2. The van der Waals surface area contributed by atoms with Gasteiger partial charge < -0.3 is 10.6 Å². The van der Waals surface area contributed by atoms with E-state index in [4.69, 9.17) is 0 Å². The number of anilines is 2. The van der Waals surface area contributed by atoms with E-state index in [2.05, 4.69) is 10.6 Å². The Kier molecular flexibility index (Phi) is 5.49. The highest BCUT2D eigenvalue weighted by atomic mass is 16.6. The molecule has 0 aliphatic carbocycles. The van der Waals surface area contributed by atoms with Crippen LogP contribution in [0.2, 0.25) is 0 Å². The molecule has 2 N–H and O–H groups in total. The number of hydrogen-bond acceptors (Lipinski definition) is 5. The van der Waals surface area contributed by atoms with Crippen molar-refractivity contribution in [1.82, 2.24) is 9.36 Å². The van der Waals surface area contributed by atoms with E-state index in [0.29, 0.717) is 17.1 Å². The average Bonchev–Trinajstić information content (AvgIpc) is 2.92. The number of hydrogen-bond donors (Lipinski definition) is 2. The zero-order valence-corrected chi connectivity index (χ0v) is 16.2. The summed E-state index contributed by atoms with van der Waals surface area (Å²) < 4.78 is 3.21. The van der Waals surface area contributed by atoms with Crippen LogP contribution in [0.15, 0.2) is 59.4 Å². The van der Waals surface area contributed by atoms with Crippen LogP contribution < -0.4 is 16.2 Å². The fourth-order valence-electron chi connectivity index (χ4n) is 3.00. The molecule has 0 radical (unpaired) electrons. The lowest BCUT2D eigenvalue weighted by Crippen LogP contribution is -2.34. The van der Waals surface area contributed by atoms with Crippen molar-refractivity contribution >= 4 is 23.0 Å². The van der Waals surface area contributed by atoms with Crippen molar-refractivity contribution < 1.29 is 9.72 Å².